The molecule has 3 aliphatic rings. The number of nitrogens with one attached hydrogen (secondary N) is 1. The third-order valence-electron chi connectivity index (χ3n) is 6.96. The van der Waals surface area contributed by atoms with Crippen molar-refractivity contribution in [2.45, 2.75) is 30.8 Å². The minimum absolute atomic E-state index is 0.104. The van der Waals surface area contributed by atoms with Crippen LogP contribution in [0.2, 0.25) is 5.02 Å². The molecular weight excluding hydrogens is 414 g/mol. The number of nitrogens with zero attached hydrogens (tertiary/aromatic N) is 2. The van der Waals surface area contributed by atoms with E-state index in [1.807, 2.05) is 35.2 Å². The molecule has 3 aliphatic heterocycles. The number of fused-ring (bicyclic) bond motifs is 3. The van der Waals surface area contributed by atoms with Gasteiger partial charge in [0.15, 0.2) is 0 Å². The van der Waals surface area contributed by atoms with E-state index in [0.29, 0.717) is 23.2 Å². The maximum Gasteiger partial charge on any atom is 0.326 e. The number of ether oxygens (including phenoxy) is 1. The van der Waals surface area contributed by atoms with Crippen molar-refractivity contribution >= 4 is 29.0 Å². The molecule has 6 nitrogen and oxygen atoms in total. The van der Waals surface area contributed by atoms with Gasteiger partial charge in [0, 0.05) is 60.7 Å². The first-order valence-electron chi connectivity index (χ1n) is 11.0. The number of anilines is 2. The number of amides is 2. The van der Waals surface area contributed by atoms with E-state index < -0.39 is 0 Å². The number of urea groups is 1. The number of hydrogen-bond acceptors (Lipinski definition) is 4. The molecule has 2 fully saturated rings. The molecule has 0 bridgehead atoms. The minimum atomic E-state index is -0.161. The summed E-state index contributed by atoms with van der Waals surface area (Å²) in [6.07, 6.45) is 2.11. The summed E-state index contributed by atoms with van der Waals surface area (Å²) in [6.45, 7) is 3.31. The molecule has 0 aromatic heterocycles. The van der Waals surface area contributed by atoms with Crippen molar-refractivity contribution in [1.29, 1.82) is 0 Å². The summed E-state index contributed by atoms with van der Waals surface area (Å²) in [4.78, 5) is 17.5. The molecule has 0 aliphatic carbocycles. The molecule has 2 saturated heterocycles. The molecule has 0 spiro atoms. The van der Waals surface area contributed by atoms with Crippen molar-refractivity contribution in [3.05, 3.63) is 59.1 Å². The third kappa shape index (κ3) is 3.94. The summed E-state index contributed by atoms with van der Waals surface area (Å²) in [6, 6.07) is 15.4. The van der Waals surface area contributed by atoms with Gasteiger partial charge in [0.25, 0.3) is 0 Å². The Kier molecular flexibility index (Phi) is 5.89. The zero-order chi connectivity index (χ0) is 21.4. The SMILES string of the molecule is O=C(Nc1cccc(Cl)c1)N1C[C@H]2[C@H](c3ccccc31)[C@@H](CO)N2CC1CCOCC1. The number of halogens is 1. The van der Waals surface area contributed by atoms with Crippen molar-refractivity contribution in [2.24, 2.45) is 5.92 Å². The van der Waals surface area contributed by atoms with Crippen molar-refractivity contribution in [3.8, 4) is 0 Å². The minimum Gasteiger partial charge on any atom is -0.395 e. The van der Waals surface area contributed by atoms with Crippen molar-refractivity contribution in [2.75, 3.05) is 43.1 Å². The maximum absolute atomic E-state index is 13.3. The smallest absolute Gasteiger partial charge is 0.326 e. The van der Waals surface area contributed by atoms with Crippen molar-refractivity contribution in [3.63, 3.8) is 0 Å². The third-order valence-corrected chi connectivity index (χ3v) is 7.19. The Morgan fingerprint density at radius 1 is 1.16 bits per heavy atom. The van der Waals surface area contributed by atoms with Crippen LogP contribution >= 0.6 is 11.6 Å². The number of benzene rings is 2. The van der Waals surface area contributed by atoms with Gasteiger partial charge in [-0.1, -0.05) is 35.9 Å². The van der Waals surface area contributed by atoms with E-state index in [2.05, 4.69) is 16.3 Å². The predicted octanol–water partition coefficient (Wildman–Crippen LogP) is 3.95. The molecule has 2 aromatic carbocycles. The van der Waals surface area contributed by atoms with Crippen molar-refractivity contribution < 1.29 is 14.6 Å². The molecule has 5 rings (SSSR count). The van der Waals surface area contributed by atoms with Crippen LogP contribution in [0.25, 0.3) is 0 Å². The summed E-state index contributed by atoms with van der Waals surface area (Å²) in [5.74, 6) is 0.825. The normalized spacial score (nSPS) is 26.0. The molecule has 2 N–H and O–H groups in total. The lowest BCUT2D eigenvalue weighted by molar-refractivity contribution is -0.0622. The van der Waals surface area contributed by atoms with Gasteiger partial charge in [-0.15, -0.1) is 0 Å². The van der Waals surface area contributed by atoms with Crippen LogP contribution in [0.3, 0.4) is 0 Å². The van der Waals surface area contributed by atoms with Crippen LogP contribution in [0.1, 0.15) is 24.3 Å². The van der Waals surface area contributed by atoms with Gasteiger partial charge in [0.2, 0.25) is 0 Å². The number of likely N-dealkylation sites (tertiary alicyclic amines) is 1. The summed E-state index contributed by atoms with van der Waals surface area (Å²) >= 11 is 6.09. The van der Waals surface area contributed by atoms with E-state index in [9.17, 15) is 9.90 Å². The molecule has 3 atom stereocenters. The van der Waals surface area contributed by atoms with Crippen LogP contribution in [-0.2, 0) is 4.74 Å². The Labute approximate surface area is 187 Å². The summed E-state index contributed by atoms with van der Waals surface area (Å²) in [5.41, 5.74) is 2.74. The highest BCUT2D eigenvalue weighted by molar-refractivity contribution is 6.30. The largest absolute Gasteiger partial charge is 0.395 e. The van der Waals surface area contributed by atoms with Gasteiger partial charge in [-0.25, -0.2) is 4.79 Å². The van der Waals surface area contributed by atoms with E-state index in [4.69, 9.17) is 16.3 Å². The maximum atomic E-state index is 13.3. The van der Waals surface area contributed by atoms with Gasteiger partial charge in [0.05, 0.1) is 6.61 Å². The lowest BCUT2D eigenvalue weighted by atomic mass is 9.71. The van der Waals surface area contributed by atoms with Gasteiger partial charge < -0.3 is 15.2 Å². The van der Waals surface area contributed by atoms with Gasteiger partial charge in [-0.2, -0.15) is 0 Å². The van der Waals surface area contributed by atoms with E-state index in [0.717, 1.165) is 43.9 Å². The van der Waals surface area contributed by atoms with Crippen LogP contribution in [0.4, 0.5) is 16.2 Å². The van der Waals surface area contributed by atoms with Gasteiger partial charge in [-0.3, -0.25) is 9.80 Å². The highest BCUT2D eigenvalue weighted by Gasteiger charge is 2.53. The predicted molar refractivity (Wildman–Crippen MR) is 122 cm³/mol. The number of para-hydroxylation sites is 1. The fraction of sp³-hybridized carbons (Fsp3) is 0.458. The van der Waals surface area contributed by atoms with E-state index in [1.54, 1.807) is 12.1 Å². The van der Waals surface area contributed by atoms with Crippen LogP contribution in [0.5, 0.6) is 0 Å². The summed E-state index contributed by atoms with van der Waals surface area (Å²) in [7, 11) is 0. The molecule has 0 unspecified atom stereocenters. The van der Waals surface area contributed by atoms with Crippen LogP contribution in [-0.4, -0.2) is 61.0 Å². The summed E-state index contributed by atoms with van der Waals surface area (Å²) in [5, 5.41) is 13.8. The highest BCUT2D eigenvalue weighted by atomic mass is 35.5. The van der Waals surface area contributed by atoms with Crippen molar-refractivity contribution in [1.82, 2.24) is 4.90 Å². The standard InChI is InChI=1S/C24H28ClN3O3/c25-17-4-3-5-18(12-17)26-24(30)28-14-21-23(19-6-1-2-7-20(19)28)22(15-29)27(21)13-16-8-10-31-11-9-16/h1-7,12,16,21-23,29H,8-11,13-15H2,(H,26,30)/t21-,22+,23-/m0/s1. The number of hydrogen-bond donors (Lipinski definition) is 2. The first kappa shape index (κ1) is 20.8. The Morgan fingerprint density at radius 3 is 2.74 bits per heavy atom. The van der Waals surface area contributed by atoms with Crippen LogP contribution in [0.15, 0.2) is 48.5 Å². The molecule has 31 heavy (non-hydrogen) atoms. The Morgan fingerprint density at radius 2 is 1.97 bits per heavy atom. The fourth-order valence-corrected chi connectivity index (χ4v) is 5.60. The van der Waals surface area contributed by atoms with E-state index >= 15 is 0 Å². The number of aliphatic hydroxyl groups is 1. The van der Waals surface area contributed by atoms with Crippen LogP contribution < -0.4 is 10.2 Å². The summed E-state index contributed by atoms with van der Waals surface area (Å²) < 4.78 is 5.51. The average Bonchev–Trinajstić information content (AvgIpc) is 2.78. The molecule has 2 aromatic rings. The highest BCUT2D eigenvalue weighted by Crippen LogP contribution is 2.48. The lowest BCUT2D eigenvalue weighted by Gasteiger charge is -2.59. The van der Waals surface area contributed by atoms with E-state index in [1.165, 1.54) is 0 Å². The second kappa shape index (κ2) is 8.79. The first-order valence-corrected chi connectivity index (χ1v) is 11.4. The van der Waals surface area contributed by atoms with E-state index in [-0.39, 0.29) is 30.6 Å². The molecule has 3 heterocycles. The first-order chi connectivity index (χ1) is 15.2. The zero-order valence-corrected chi connectivity index (χ0v) is 18.2. The Bertz CT molecular complexity index is 949. The average molecular weight is 442 g/mol. The van der Waals surface area contributed by atoms with Gasteiger partial charge >= 0.3 is 6.03 Å². The number of aliphatic hydroxyl groups excluding tert-OH is 1. The molecule has 0 radical (unpaired) electrons. The number of carbonyl (C=O) groups excluding carboxylic acids is 1. The Balaban J connectivity index is 1.39. The Hall–Kier alpha value is -2.12. The second-order valence-electron chi connectivity index (χ2n) is 8.71. The second-order valence-corrected chi connectivity index (χ2v) is 9.14. The molecule has 7 heteroatoms. The topological polar surface area (TPSA) is 65.0 Å². The lowest BCUT2D eigenvalue weighted by Crippen LogP contribution is -2.70. The number of rotatable bonds is 4. The molecular formula is C24H28ClN3O3. The molecule has 164 valence electrons. The molecule has 2 amide bonds. The van der Waals surface area contributed by atoms with Crippen LogP contribution in [0, 0.1) is 5.92 Å². The van der Waals surface area contributed by atoms with Gasteiger partial charge in [-0.05, 0) is 48.6 Å². The number of carbonyl (C=O) groups is 1. The quantitative estimate of drug-likeness (QED) is 0.754. The van der Waals surface area contributed by atoms with Gasteiger partial charge in [0.1, 0.15) is 0 Å². The fourth-order valence-electron chi connectivity index (χ4n) is 5.41. The zero-order valence-electron chi connectivity index (χ0n) is 17.4. The molecule has 0 saturated carbocycles. The monoisotopic (exact) mass is 441 g/mol.